The Morgan fingerprint density at radius 1 is 1.09 bits per heavy atom. The predicted octanol–water partition coefficient (Wildman–Crippen LogP) is 5.73. The van der Waals surface area contributed by atoms with Crippen molar-refractivity contribution < 1.29 is 17.8 Å². The molecule has 0 radical (unpaired) electrons. The number of anilines is 1. The van der Waals surface area contributed by atoms with Gasteiger partial charge in [-0.15, -0.1) is 10.2 Å². The van der Waals surface area contributed by atoms with Gasteiger partial charge >= 0.3 is 0 Å². The molecule has 2 aromatic heterocycles. The lowest BCUT2D eigenvalue weighted by atomic mass is 10.1. The van der Waals surface area contributed by atoms with Gasteiger partial charge in [0.2, 0.25) is 5.89 Å². The SMILES string of the molecule is CNCc1ccc(-c2nnc(-c3nc(-c4ccc(S(O)(O)C(C)C)cc4)cnc3N)o2)c(C)c1.[HH].[HH].[HH]. The number of aromatic nitrogens is 4. The second kappa shape index (κ2) is 9.51. The minimum Gasteiger partial charge on any atom is -0.414 e. The molecule has 2 heterocycles. The van der Waals surface area contributed by atoms with Crippen LogP contribution in [0.4, 0.5) is 5.82 Å². The molecule has 184 valence electrons. The maximum absolute atomic E-state index is 10.4. The van der Waals surface area contributed by atoms with Crippen molar-refractivity contribution in [1.82, 2.24) is 25.5 Å². The predicted molar refractivity (Wildman–Crippen MR) is 141 cm³/mol. The summed E-state index contributed by atoms with van der Waals surface area (Å²) in [6, 6.07) is 12.9. The zero-order valence-electron chi connectivity index (χ0n) is 19.5. The minimum atomic E-state index is -2.86. The molecular formula is C24H34N6O3S. The summed E-state index contributed by atoms with van der Waals surface area (Å²) in [4.78, 5) is 9.33. The Balaban J connectivity index is 0.00000228. The van der Waals surface area contributed by atoms with Crippen LogP contribution in [-0.4, -0.2) is 41.6 Å². The van der Waals surface area contributed by atoms with Gasteiger partial charge in [-0.25, -0.2) is 9.97 Å². The van der Waals surface area contributed by atoms with Crippen LogP contribution in [0, 0.1) is 6.92 Å². The molecule has 0 bridgehead atoms. The number of nitrogens with one attached hydrogen (secondary N) is 1. The molecule has 0 atom stereocenters. The van der Waals surface area contributed by atoms with E-state index in [4.69, 9.17) is 10.2 Å². The average Bonchev–Trinajstić information content (AvgIpc) is 3.29. The zero-order valence-corrected chi connectivity index (χ0v) is 20.3. The Bertz CT molecular complexity index is 1320. The third-order valence-corrected chi connectivity index (χ3v) is 7.77. The number of benzene rings is 2. The highest BCUT2D eigenvalue weighted by Crippen LogP contribution is 2.52. The second-order valence-electron chi connectivity index (χ2n) is 8.25. The van der Waals surface area contributed by atoms with Gasteiger partial charge in [-0.2, -0.15) is 10.6 Å². The van der Waals surface area contributed by atoms with E-state index in [1.807, 2.05) is 26.1 Å². The molecular weight excluding hydrogens is 452 g/mol. The van der Waals surface area contributed by atoms with Crippen LogP contribution in [0.25, 0.3) is 34.3 Å². The second-order valence-corrected chi connectivity index (χ2v) is 10.8. The van der Waals surface area contributed by atoms with Crippen LogP contribution in [0.3, 0.4) is 0 Å². The topological polar surface area (TPSA) is 143 Å². The quantitative estimate of drug-likeness (QED) is 0.257. The van der Waals surface area contributed by atoms with Gasteiger partial charge in [0.25, 0.3) is 5.89 Å². The summed E-state index contributed by atoms with van der Waals surface area (Å²) in [7, 11) is -0.956. The van der Waals surface area contributed by atoms with Crippen molar-refractivity contribution in [3.63, 3.8) is 0 Å². The molecule has 0 amide bonds. The number of nitrogens with zero attached hydrogens (tertiary/aromatic N) is 4. The zero-order chi connectivity index (χ0) is 24.5. The fraction of sp³-hybridized carbons (Fsp3) is 0.250. The van der Waals surface area contributed by atoms with E-state index in [1.54, 1.807) is 44.3 Å². The molecule has 5 N–H and O–H groups in total. The average molecular weight is 487 g/mol. The van der Waals surface area contributed by atoms with E-state index in [1.165, 1.54) is 0 Å². The summed E-state index contributed by atoms with van der Waals surface area (Å²) in [6.07, 6.45) is 1.55. The van der Waals surface area contributed by atoms with E-state index < -0.39 is 10.6 Å². The van der Waals surface area contributed by atoms with E-state index >= 15 is 0 Å². The Morgan fingerprint density at radius 2 is 1.79 bits per heavy atom. The molecule has 4 rings (SSSR count). The molecule has 10 heteroatoms. The number of nitrogen functional groups attached to an aromatic ring is 1. The fourth-order valence-electron chi connectivity index (χ4n) is 3.50. The van der Waals surface area contributed by atoms with Crippen molar-refractivity contribution >= 4 is 16.4 Å². The summed E-state index contributed by atoms with van der Waals surface area (Å²) in [5.41, 5.74) is 10.7. The van der Waals surface area contributed by atoms with Crippen LogP contribution < -0.4 is 11.1 Å². The Hall–Kier alpha value is -3.31. The van der Waals surface area contributed by atoms with E-state index in [-0.39, 0.29) is 26.9 Å². The maximum Gasteiger partial charge on any atom is 0.270 e. The first-order valence-electron chi connectivity index (χ1n) is 10.8. The van der Waals surface area contributed by atoms with E-state index in [2.05, 4.69) is 31.5 Å². The molecule has 34 heavy (non-hydrogen) atoms. The molecule has 0 saturated carbocycles. The highest BCUT2D eigenvalue weighted by atomic mass is 32.3. The van der Waals surface area contributed by atoms with Crippen molar-refractivity contribution in [2.24, 2.45) is 0 Å². The smallest absolute Gasteiger partial charge is 0.270 e. The maximum atomic E-state index is 10.4. The van der Waals surface area contributed by atoms with Gasteiger partial charge < -0.3 is 15.5 Å². The number of nitrogens with two attached hydrogens (primary N) is 1. The van der Waals surface area contributed by atoms with Crippen molar-refractivity contribution in [3.8, 4) is 34.3 Å². The van der Waals surface area contributed by atoms with E-state index in [0.29, 0.717) is 16.5 Å². The molecule has 4 aromatic rings. The summed E-state index contributed by atoms with van der Waals surface area (Å²) >= 11 is 0. The van der Waals surface area contributed by atoms with Crippen molar-refractivity contribution in [2.45, 2.75) is 37.5 Å². The third kappa shape index (κ3) is 4.66. The molecule has 0 unspecified atom stereocenters. The lowest BCUT2D eigenvalue weighted by Gasteiger charge is -2.36. The molecule has 9 nitrogen and oxygen atoms in total. The number of aryl methyl sites for hydroxylation is 1. The van der Waals surface area contributed by atoms with Gasteiger partial charge in [-0.05, 0) is 57.1 Å². The van der Waals surface area contributed by atoms with Crippen LogP contribution >= 0.6 is 10.6 Å². The van der Waals surface area contributed by atoms with Crippen LogP contribution in [0.5, 0.6) is 0 Å². The first-order chi connectivity index (χ1) is 16.2. The third-order valence-electron chi connectivity index (χ3n) is 5.48. The van der Waals surface area contributed by atoms with Gasteiger partial charge in [0, 0.05) is 27.2 Å². The molecule has 0 saturated heterocycles. The van der Waals surface area contributed by atoms with Crippen molar-refractivity contribution in [2.75, 3.05) is 12.8 Å². The first kappa shape index (κ1) is 23.8. The molecule has 0 fully saturated rings. The Morgan fingerprint density at radius 3 is 2.44 bits per heavy atom. The summed E-state index contributed by atoms with van der Waals surface area (Å²) in [5, 5.41) is 11.2. The highest BCUT2D eigenvalue weighted by molar-refractivity contribution is 8.24. The monoisotopic (exact) mass is 486 g/mol. The molecule has 0 aliphatic rings. The Kier molecular flexibility index (Phi) is 6.67. The first-order valence-corrected chi connectivity index (χ1v) is 12.4. The molecule has 0 aliphatic heterocycles. The van der Waals surface area contributed by atoms with Crippen molar-refractivity contribution in [1.29, 1.82) is 0 Å². The highest BCUT2D eigenvalue weighted by Gasteiger charge is 2.21. The van der Waals surface area contributed by atoms with Gasteiger partial charge in [-0.3, -0.25) is 9.11 Å². The summed E-state index contributed by atoms with van der Waals surface area (Å²) in [6.45, 7) is 6.31. The van der Waals surface area contributed by atoms with Crippen LogP contribution in [0.2, 0.25) is 0 Å². The van der Waals surface area contributed by atoms with E-state index in [0.717, 1.165) is 28.8 Å². The standard InChI is InChI=1S/C24H28N6O3S.3H2/c1-14(2)34(31,32)18-8-6-17(7-9-18)20-13-27-22(25)21(28-20)24-30-29-23(33-24)19-10-5-16(12-26-4)11-15(19)3;;;/h5-11,13-14,26,31-32H,12H2,1-4H3,(H2,25,27);3*1H. The molecule has 0 aliphatic carbocycles. The van der Waals surface area contributed by atoms with Crippen LogP contribution in [-0.2, 0) is 6.54 Å². The molecule has 0 spiro atoms. The largest absolute Gasteiger partial charge is 0.414 e. The van der Waals surface area contributed by atoms with Crippen LogP contribution in [0.15, 0.2) is 58.0 Å². The number of rotatable bonds is 7. The number of hydrogen-bond donors (Lipinski definition) is 4. The minimum absolute atomic E-state index is 0. The van der Waals surface area contributed by atoms with Crippen LogP contribution in [0.1, 0.15) is 29.3 Å². The fourth-order valence-corrected chi connectivity index (χ4v) is 4.58. The summed E-state index contributed by atoms with van der Waals surface area (Å²) < 4.78 is 26.7. The van der Waals surface area contributed by atoms with Gasteiger partial charge in [0.05, 0.1) is 16.8 Å². The lowest BCUT2D eigenvalue weighted by molar-refractivity contribution is 0.476. The van der Waals surface area contributed by atoms with Crippen molar-refractivity contribution in [3.05, 3.63) is 59.8 Å². The Labute approximate surface area is 204 Å². The summed E-state index contributed by atoms with van der Waals surface area (Å²) in [5.74, 6) is 0.718. The van der Waals surface area contributed by atoms with Gasteiger partial charge in [-0.1, -0.05) is 24.3 Å². The molecule has 2 aromatic carbocycles. The van der Waals surface area contributed by atoms with Gasteiger partial charge in [0.15, 0.2) is 11.5 Å². The number of hydrogen-bond acceptors (Lipinski definition) is 9. The lowest BCUT2D eigenvalue weighted by Crippen LogP contribution is -2.10. The normalized spacial score (nSPS) is 12.3. The van der Waals surface area contributed by atoms with Gasteiger partial charge in [0.1, 0.15) is 0 Å². The van der Waals surface area contributed by atoms with E-state index in [9.17, 15) is 9.11 Å².